The Kier molecular flexibility index (Phi) is 6.03. The zero-order chi connectivity index (χ0) is 15.9. The van der Waals surface area contributed by atoms with Gasteiger partial charge in [0.15, 0.2) is 4.90 Å². The predicted molar refractivity (Wildman–Crippen MR) is 71.5 cm³/mol. The van der Waals surface area contributed by atoms with Crippen LogP contribution in [0.15, 0.2) is 28.2 Å². The lowest BCUT2D eigenvalue weighted by molar-refractivity contribution is -0.390. The molecule has 0 aliphatic rings. The second-order valence-corrected chi connectivity index (χ2v) is 5.64. The van der Waals surface area contributed by atoms with Gasteiger partial charge in [0, 0.05) is 18.0 Å². The lowest BCUT2D eigenvalue weighted by Crippen LogP contribution is -2.26. The van der Waals surface area contributed by atoms with Crippen LogP contribution in [0.4, 0.5) is 10.1 Å². The SMILES string of the molecule is [N-]=[N+]=NCCCCNS(=O)(=O)c1cccc(F)c1[N+](=O)[O-]. The molecule has 1 rings (SSSR count). The lowest BCUT2D eigenvalue weighted by Gasteiger charge is -2.07. The van der Waals surface area contributed by atoms with Crippen molar-refractivity contribution in [1.82, 2.24) is 4.72 Å². The molecule has 1 N–H and O–H groups in total. The van der Waals surface area contributed by atoms with E-state index in [1.54, 1.807) is 0 Å². The normalized spacial score (nSPS) is 10.9. The number of halogens is 1. The number of hydrogen-bond acceptors (Lipinski definition) is 5. The first-order valence-corrected chi connectivity index (χ1v) is 7.32. The maximum absolute atomic E-state index is 13.4. The number of nitrogens with zero attached hydrogens (tertiary/aromatic N) is 4. The van der Waals surface area contributed by atoms with Crippen LogP contribution in [-0.2, 0) is 10.0 Å². The Labute approximate surface area is 119 Å². The Balaban J connectivity index is 2.82. The Morgan fingerprint density at radius 1 is 1.43 bits per heavy atom. The molecule has 0 fully saturated rings. The van der Waals surface area contributed by atoms with Crippen molar-refractivity contribution in [2.75, 3.05) is 13.1 Å². The fraction of sp³-hybridized carbons (Fsp3) is 0.400. The van der Waals surface area contributed by atoms with Gasteiger partial charge < -0.3 is 0 Å². The molecule has 0 saturated heterocycles. The van der Waals surface area contributed by atoms with Crippen LogP contribution in [0.2, 0.25) is 0 Å². The quantitative estimate of drug-likeness (QED) is 0.196. The summed E-state index contributed by atoms with van der Waals surface area (Å²) in [7, 11) is -4.19. The van der Waals surface area contributed by atoms with Gasteiger partial charge in [0.05, 0.1) is 4.92 Å². The molecule has 0 spiro atoms. The molecule has 0 unspecified atom stereocenters. The van der Waals surface area contributed by atoms with E-state index in [1.165, 1.54) is 0 Å². The van der Waals surface area contributed by atoms with E-state index in [0.29, 0.717) is 12.8 Å². The molecule has 0 saturated carbocycles. The average Bonchev–Trinajstić information content (AvgIpc) is 2.42. The smallest absolute Gasteiger partial charge is 0.258 e. The van der Waals surface area contributed by atoms with Crippen molar-refractivity contribution >= 4 is 15.7 Å². The molecule has 0 radical (unpaired) electrons. The first-order chi connectivity index (χ1) is 9.90. The van der Waals surface area contributed by atoms with E-state index in [4.69, 9.17) is 5.53 Å². The second-order valence-electron chi connectivity index (χ2n) is 3.90. The van der Waals surface area contributed by atoms with Crippen molar-refractivity contribution in [3.05, 3.63) is 44.6 Å². The number of rotatable bonds is 8. The molecule has 0 heterocycles. The minimum Gasteiger partial charge on any atom is -0.258 e. The third kappa shape index (κ3) is 4.67. The van der Waals surface area contributed by atoms with Crippen molar-refractivity contribution in [2.45, 2.75) is 17.7 Å². The number of benzene rings is 1. The Bertz CT molecular complexity index is 672. The molecule has 0 amide bonds. The van der Waals surface area contributed by atoms with Gasteiger partial charge in [0.2, 0.25) is 15.8 Å². The van der Waals surface area contributed by atoms with Crippen LogP contribution < -0.4 is 4.72 Å². The van der Waals surface area contributed by atoms with Crippen LogP contribution in [0.3, 0.4) is 0 Å². The van der Waals surface area contributed by atoms with Gasteiger partial charge in [-0.05, 0) is 30.5 Å². The monoisotopic (exact) mass is 317 g/mol. The summed E-state index contributed by atoms with van der Waals surface area (Å²) in [6.45, 7) is 0.218. The van der Waals surface area contributed by atoms with Crippen molar-refractivity contribution in [3.63, 3.8) is 0 Å². The number of nitro benzene ring substituents is 1. The van der Waals surface area contributed by atoms with Crippen LogP contribution in [0.25, 0.3) is 10.4 Å². The first kappa shape index (κ1) is 16.8. The molecular formula is C10H12FN5O4S. The van der Waals surface area contributed by atoms with Gasteiger partial charge in [-0.15, -0.1) is 0 Å². The maximum Gasteiger partial charge on any atom is 0.324 e. The van der Waals surface area contributed by atoms with Gasteiger partial charge >= 0.3 is 5.69 Å². The topological polar surface area (TPSA) is 138 Å². The average molecular weight is 317 g/mol. The molecule has 0 bridgehead atoms. The molecule has 0 aromatic heterocycles. The third-order valence-electron chi connectivity index (χ3n) is 2.46. The molecule has 0 aliphatic heterocycles. The van der Waals surface area contributed by atoms with E-state index in [2.05, 4.69) is 14.7 Å². The number of nitro groups is 1. The van der Waals surface area contributed by atoms with Crippen molar-refractivity contribution in [2.24, 2.45) is 5.11 Å². The number of hydrogen-bond donors (Lipinski definition) is 1. The van der Waals surface area contributed by atoms with Gasteiger partial charge in [-0.2, -0.15) is 4.39 Å². The summed E-state index contributed by atoms with van der Waals surface area (Å²) in [5.41, 5.74) is 6.97. The van der Waals surface area contributed by atoms with Gasteiger partial charge in [-0.3, -0.25) is 10.1 Å². The van der Waals surface area contributed by atoms with Crippen LogP contribution in [0, 0.1) is 15.9 Å². The van der Waals surface area contributed by atoms with E-state index in [0.717, 1.165) is 18.2 Å². The molecule has 21 heavy (non-hydrogen) atoms. The lowest BCUT2D eigenvalue weighted by atomic mass is 10.3. The second kappa shape index (κ2) is 7.53. The van der Waals surface area contributed by atoms with E-state index in [9.17, 15) is 22.9 Å². The molecule has 0 aliphatic carbocycles. The Morgan fingerprint density at radius 2 is 2.14 bits per heavy atom. The van der Waals surface area contributed by atoms with Crippen LogP contribution in [-0.4, -0.2) is 26.4 Å². The van der Waals surface area contributed by atoms with Gasteiger partial charge in [-0.1, -0.05) is 11.2 Å². The summed E-state index contributed by atoms with van der Waals surface area (Å²) in [5.74, 6) is -1.22. The highest BCUT2D eigenvalue weighted by Gasteiger charge is 2.28. The molecular weight excluding hydrogens is 305 g/mol. The number of nitrogens with one attached hydrogen (secondary N) is 1. The summed E-state index contributed by atoms with van der Waals surface area (Å²) >= 11 is 0. The van der Waals surface area contributed by atoms with E-state index >= 15 is 0 Å². The van der Waals surface area contributed by atoms with Gasteiger partial charge in [0.1, 0.15) is 0 Å². The Morgan fingerprint density at radius 3 is 2.76 bits per heavy atom. The van der Waals surface area contributed by atoms with Crippen LogP contribution in [0.5, 0.6) is 0 Å². The number of unbranched alkanes of at least 4 members (excludes halogenated alkanes) is 1. The number of para-hydroxylation sites is 1. The van der Waals surface area contributed by atoms with Crippen molar-refractivity contribution in [3.8, 4) is 0 Å². The summed E-state index contributed by atoms with van der Waals surface area (Å²) in [5, 5.41) is 14.0. The molecule has 9 nitrogen and oxygen atoms in total. The van der Waals surface area contributed by atoms with E-state index in [1.807, 2.05) is 0 Å². The van der Waals surface area contributed by atoms with Crippen LogP contribution in [0.1, 0.15) is 12.8 Å². The molecule has 1 aromatic rings. The standard InChI is InChI=1S/C10H12FN5O4S/c11-8-4-3-5-9(10(8)16(17)18)21(19,20)14-7-2-1-6-13-15-12/h3-5,14H,1-2,6-7H2. The van der Waals surface area contributed by atoms with Gasteiger partial charge in [-0.25, -0.2) is 13.1 Å². The minimum absolute atomic E-state index is 0.00303. The largest absolute Gasteiger partial charge is 0.324 e. The highest BCUT2D eigenvalue weighted by Crippen LogP contribution is 2.26. The van der Waals surface area contributed by atoms with Gasteiger partial charge in [0.25, 0.3) is 0 Å². The zero-order valence-corrected chi connectivity index (χ0v) is 11.6. The molecule has 1 aromatic carbocycles. The highest BCUT2D eigenvalue weighted by atomic mass is 32.2. The molecule has 114 valence electrons. The van der Waals surface area contributed by atoms with Crippen molar-refractivity contribution < 1.29 is 17.7 Å². The zero-order valence-electron chi connectivity index (χ0n) is 10.8. The maximum atomic E-state index is 13.4. The molecule has 0 atom stereocenters. The summed E-state index contributed by atoms with van der Waals surface area (Å²) in [4.78, 5) is 11.5. The molecule has 11 heteroatoms. The van der Waals surface area contributed by atoms with E-state index in [-0.39, 0.29) is 13.1 Å². The summed E-state index contributed by atoms with van der Waals surface area (Å²) < 4.78 is 39.4. The summed E-state index contributed by atoms with van der Waals surface area (Å²) in [6.07, 6.45) is 0.833. The number of sulfonamides is 1. The first-order valence-electron chi connectivity index (χ1n) is 5.83. The van der Waals surface area contributed by atoms with Crippen molar-refractivity contribution in [1.29, 1.82) is 0 Å². The fourth-order valence-electron chi connectivity index (χ4n) is 1.53. The highest BCUT2D eigenvalue weighted by molar-refractivity contribution is 7.89. The minimum atomic E-state index is -4.19. The Hall–Kier alpha value is -2.23. The summed E-state index contributed by atoms with van der Waals surface area (Å²) in [6, 6.07) is 2.86. The predicted octanol–water partition coefficient (Wildman–Crippen LogP) is 2.10. The van der Waals surface area contributed by atoms with Crippen LogP contribution >= 0.6 is 0 Å². The number of azide groups is 1. The van der Waals surface area contributed by atoms with E-state index < -0.39 is 31.3 Å². The third-order valence-corrected chi connectivity index (χ3v) is 3.95. The fourth-order valence-corrected chi connectivity index (χ4v) is 2.78.